The number of piperazine rings is 1. The highest BCUT2D eigenvalue weighted by Gasteiger charge is 2.33. The molecule has 3 rings (SSSR count). The van der Waals surface area contributed by atoms with Crippen LogP contribution in [0, 0.1) is 6.92 Å². The first-order valence-electron chi connectivity index (χ1n) is 7.20. The molecule has 0 radical (unpaired) electrons. The summed E-state index contributed by atoms with van der Waals surface area (Å²) in [4.78, 5) is 27.7. The minimum Gasteiger partial charge on any atom is -0.353 e. The first kappa shape index (κ1) is 16.6. The molecule has 0 bridgehead atoms. The monoisotopic (exact) mass is 357 g/mol. The molecule has 0 spiro atoms. The van der Waals surface area contributed by atoms with E-state index >= 15 is 0 Å². The molecule has 0 unspecified atom stereocenters. The predicted molar refractivity (Wildman–Crippen MR) is 82.0 cm³/mol. The van der Waals surface area contributed by atoms with Gasteiger partial charge in [0.05, 0.1) is 11.2 Å². The van der Waals surface area contributed by atoms with Gasteiger partial charge >= 0.3 is 6.18 Å². The summed E-state index contributed by atoms with van der Waals surface area (Å²) in [6, 6.07) is 0.935. The van der Waals surface area contributed by atoms with Crippen LogP contribution in [0.3, 0.4) is 0 Å². The lowest BCUT2D eigenvalue weighted by Gasteiger charge is -2.35. The topological polar surface area (TPSA) is 62.2 Å². The van der Waals surface area contributed by atoms with Gasteiger partial charge in [-0.05, 0) is 6.92 Å². The highest BCUT2D eigenvalue weighted by Crippen LogP contribution is 2.29. The Labute approximate surface area is 140 Å². The molecule has 0 aliphatic carbocycles. The zero-order chi connectivity index (χ0) is 17.3. The van der Waals surface area contributed by atoms with Crippen molar-refractivity contribution in [3.63, 3.8) is 0 Å². The van der Waals surface area contributed by atoms with Gasteiger partial charge in [0.15, 0.2) is 0 Å². The number of halogens is 3. The summed E-state index contributed by atoms with van der Waals surface area (Å²) in [5.74, 6) is 0.131. The van der Waals surface area contributed by atoms with Crippen molar-refractivity contribution in [1.29, 1.82) is 0 Å². The van der Waals surface area contributed by atoms with E-state index in [9.17, 15) is 18.0 Å². The van der Waals surface area contributed by atoms with Crippen molar-refractivity contribution in [2.24, 2.45) is 0 Å². The Bertz CT molecular complexity index is 740. The van der Waals surface area contributed by atoms with Crippen molar-refractivity contribution in [1.82, 2.24) is 19.9 Å². The van der Waals surface area contributed by atoms with Gasteiger partial charge in [-0.3, -0.25) is 4.79 Å². The average molecular weight is 357 g/mol. The molecule has 1 aliphatic heterocycles. The summed E-state index contributed by atoms with van der Waals surface area (Å²) >= 11 is 1.29. The number of thiazole rings is 1. The normalized spacial score (nSPS) is 15.7. The van der Waals surface area contributed by atoms with Crippen molar-refractivity contribution in [3.8, 4) is 0 Å². The van der Waals surface area contributed by atoms with Gasteiger partial charge in [-0.2, -0.15) is 13.2 Å². The van der Waals surface area contributed by atoms with Gasteiger partial charge in [-0.25, -0.2) is 15.0 Å². The van der Waals surface area contributed by atoms with Crippen LogP contribution >= 0.6 is 11.3 Å². The lowest BCUT2D eigenvalue weighted by atomic mass is 10.2. The van der Waals surface area contributed by atoms with Crippen molar-refractivity contribution in [2.45, 2.75) is 13.1 Å². The van der Waals surface area contributed by atoms with Gasteiger partial charge in [0.2, 0.25) is 0 Å². The van der Waals surface area contributed by atoms with Crippen LogP contribution in [0.25, 0.3) is 0 Å². The van der Waals surface area contributed by atoms with Crippen LogP contribution in [0.2, 0.25) is 0 Å². The van der Waals surface area contributed by atoms with E-state index in [1.807, 2.05) is 0 Å². The van der Waals surface area contributed by atoms with Crippen LogP contribution in [0.1, 0.15) is 21.1 Å². The van der Waals surface area contributed by atoms with Gasteiger partial charge in [-0.1, -0.05) is 0 Å². The summed E-state index contributed by atoms with van der Waals surface area (Å²) in [7, 11) is 0. The van der Waals surface area contributed by atoms with Crippen LogP contribution in [-0.4, -0.2) is 51.9 Å². The fourth-order valence-electron chi connectivity index (χ4n) is 2.46. The number of nitrogens with zero attached hydrogens (tertiary/aromatic N) is 5. The average Bonchev–Trinajstić information content (AvgIpc) is 3.00. The summed E-state index contributed by atoms with van der Waals surface area (Å²) in [5, 5.41) is 0. The van der Waals surface area contributed by atoms with Crippen molar-refractivity contribution >= 4 is 23.1 Å². The summed E-state index contributed by atoms with van der Waals surface area (Å²) in [5.41, 5.74) is 1.35. The van der Waals surface area contributed by atoms with Gasteiger partial charge in [0.25, 0.3) is 5.91 Å². The Morgan fingerprint density at radius 2 is 1.88 bits per heavy atom. The highest BCUT2D eigenvalue weighted by atomic mass is 32.1. The molecule has 2 aromatic heterocycles. The molecule has 0 atom stereocenters. The van der Waals surface area contributed by atoms with Crippen LogP contribution < -0.4 is 4.90 Å². The van der Waals surface area contributed by atoms with Crippen molar-refractivity contribution in [2.75, 3.05) is 31.1 Å². The Balaban J connectivity index is 1.67. The molecular formula is C14H14F3N5OS. The minimum absolute atomic E-state index is 0.0895. The Hall–Kier alpha value is -2.23. The van der Waals surface area contributed by atoms with Gasteiger partial charge in [0.1, 0.15) is 22.7 Å². The molecule has 6 nitrogen and oxygen atoms in total. The maximum absolute atomic E-state index is 12.7. The second kappa shape index (κ2) is 6.34. The standard InChI is InChI=1S/C14H14F3N5OS/c1-9-12(24-8-20-9)13(23)22-4-2-21(3-5-22)11-6-10(14(15,16)17)18-7-19-11/h6-8H,2-5H2,1H3. The van der Waals surface area contributed by atoms with E-state index in [0.717, 1.165) is 12.4 Å². The predicted octanol–water partition coefficient (Wildman–Crippen LogP) is 2.22. The fourth-order valence-corrected chi connectivity index (χ4v) is 3.23. The zero-order valence-corrected chi connectivity index (χ0v) is 13.6. The summed E-state index contributed by atoms with van der Waals surface area (Å²) in [6.07, 6.45) is -3.59. The number of hydrogen-bond donors (Lipinski definition) is 0. The van der Waals surface area contributed by atoms with Crippen molar-refractivity contribution in [3.05, 3.63) is 34.2 Å². The van der Waals surface area contributed by atoms with E-state index in [2.05, 4.69) is 15.0 Å². The molecule has 0 aromatic carbocycles. The van der Waals surface area contributed by atoms with Crippen molar-refractivity contribution < 1.29 is 18.0 Å². The first-order chi connectivity index (χ1) is 11.4. The van der Waals surface area contributed by atoms with Crippen LogP contribution in [-0.2, 0) is 6.18 Å². The second-order valence-corrected chi connectivity index (χ2v) is 6.16. The zero-order valence-electron chi connectivity index (χ0n) is 12.7. The molecule has 1 amide bonds. The SMILES string of the molecule is Cc1ncsc1C(=O)N1CCN(c2cc(C(F)(F)F)ncn2)CC1. The third-order valence-corrected chi connectivity index (χ3v) is 4.69. The smallest absolute Gasteiger partial charge is 0.353 e. The molecule has 10 heteroatoms. The van der Waals surface area contributed by atoms with E-state index in [1.165, 1.54) is 11.3 Å². The number of alkyl halides is 3. The molecule has 24 heavy (non-hydrogen) atoms. The maximum Gasteiger partial charge on any atom is 0.433 e. The molecule has 0 saturated carbocycles. The van der Waals surface area contributed by atoms with Crippen LogP contribution in [0.5, 0.6) is 0 Å². The largest absolute Gasteiger partial charge is 0.433 e. The molecule has 0 N–H and O–H groups in total. The third-order valence-electron chi connectivity index (χ3n) is 3.77. The number of aryl methyl sites for hydroxylation is 1. The quantitative estimate of drug-likeness (QED) is 0.825. The molecule has 1 saturated heterocycles. The molecular weight excluding hydrogens is 343 g/mol. The van der Waals surface area contributed by atoms with Crippen LogP contribution in [0.15, 0.2) is 17.9 Å². The minimum atomic E-state index is -4.50. The van der Waals surface area contributed by atoms with E-state index in [-0.39, 0.29) is 11.7 Å². The number of aromatic nitrogens is 3. The number of amides is 1. The summed E-state index contributed by atoms with van der Waals surface area (Å²) in [6.45, 7) is 3.44. The maximum atomic E-state index is 12.7. The Morgan fingerprint density at radius 3 is 2.46 bits per heavy atom. The number of anilines is 1. The van der Waals surface area contributed by atoms with Crippen LogP contribution in [0.4, 0.5) is 19.0 Å². The van der Waals surface area contributed by atoms with E-state index in [4.69, 9.17) is 0 Å². The number of hydrogen-bond acceptors (Lipinski definition) is 6. The lowest BCUT2D eigenvalue weighted by molar-refractivity contribution is -0.141. The molecule has 1 aliphatic rings. The van der Waals surface area contributed by atoms with Gasteiger partial charge in [-0.15, -0.1) is 11.3 Å². The van der Waals surface area contributed by atoms with E-state index < -0.39 is 11.9 Å². The lowest BCUT2D eigenvalue weighted by Crippen LogP contribution is -2.49. The van der Waals surface area contributed by atoms with E-state index in [1.54, 1.807) is 22.2 Å². The Morgan fingerprint density at radius 1 is 1.17 bits per heavy atom. The second-order valence-electron chi connectivity index (χ2n) is 5.31. The molecule has 2 aromatic rings. The van der Waals surface area contributed by atoms with Gasteiger partial charge < -0.3 is 9.80 Å². The Kier molecular flexibility index (Phi) is 4.39. The third kappa shape index (κ3) is 3.32. The molecule has 1 fully saturated rings. The molecule has 128 valence electrons. The number of carbonyl (C=O) groups excluding carboxylic acids is 1. The number of carbonyl (C=O) groups is 1. The van der Waals surface area contributed by atoms with Gasteiger partial charge in [0, 0.05) is 32.2 Å². The highest BCUT2D eigenvalue weighted by molar-refractivity contribution is 7.11. The molecule has 3 heterocycles. The first-order valence-corrected chi connectivity index (χ1v) is 8.08. The fraction of sp³-hybridized carbons (Fsp3) is 0.429. The van der Waals surface area contributed by atoms with E-state index in [0.29, 0.717) is 36.8 Å². The summed E-state index contributed by atoms with van der Waals surface area (Å²) < 4.78 is 38.2. The number of rotatable bonds is 2.